The standard InChI is InChI=1S/C34H34O5.C24H24O4/c1-23(35)37-29-17-9-25(10-18-29)24-7-11-27(12-8-24)34(5,6)28-15-21-31(22-16-28)39-32(36)38-30-19-13-26(14-20-30)33(2,3)4;1-24(2,3)19-9-15-22(16-10-19)28-23(25)27-21-13-7-18(8-14-21)17-5-11-20(26-4)12-6-17/h7-22H,1-6H3;5-16H,1-4H3. The summed E-state index contributed by atoms with van der Waals surface area (Å²) < 4.78 is 31.5. The van der Waals surface area contributed by atoms with E-state index in [1.54, 1.807) is 67.8 Å². The van der Waals surface area contributed by atoms with Crippen molar-refractivity contribution in [3.63, 3.8) is 0 Å². The highest BCUT2D eigenvalue weighted by Crippen LogP contribution is 2.35. The molecule has 0 heterocycles. The summed E-state index contributed by atoms with van der Waals surface area (Å²) in [5.41, 5.74) is 8.53. The fraction of sp³-hybridized carbons (Fsp3) is 0.224. The number of hydrogen-bond donors (Lipinski definition) is 0. The third-order valence-electron chi connectivity index (χ3n) is 11.2. The van der Waals surface area contributed by atoms with Gasteiger partial charge >= 0.3 is 18.3 Å². The lowest BCUT2D eigenvalue weighted by Gasteiger charge is -2.26. The summed E-state index contributed by atoms with van der Waals surface area (Å²) in [7, 11) is 1.64. The van der Waals surface area contributed by atoms with Crippen LogP contribution in [-0.2, 0) is 21.0 Å². The summed E-state index contributed by atoms with van der Waals surface area (Å²) in [6.45, 7) is 18.5. The molecule has 7 rings (SSSR count). The Morgan fingerprint density at radius 2 is 0.537 bits per heavy atom. The molecule has 0 aliphatic rings. The molecule has 0 fully saturated rings. The van der Waals surface area contributed by atoms with Gasteiger partial charge in [0.05, 0.1) is 7.11 Å². The van der Waals surface area contributed by atoms with E-state index < -0.39 is 12.3 Å². The van der Waals surface area contributed by atoms with Gasteiger partial charge in [-0.1, -0.05) is 152 Å². The third-order valence-corrected chi connectivity index (χ3v) is 11.2. The monoisotopic (exact) mass is 898 g/mol. The summed E-state index contributed by atoms with van der Waals surface area (Å²) in [5.74, 6) is 2.73. The summed E-state index contributed by atoms with van der Waals surface area (Å²) in [6.07, 6.45) is -1.54. The van der Waals surface area contributed by atoms with Crippen LogP contribution in [0.1, 0.15) is 84.6 Å². The largest absolute Gasteiger partial charge is 0.519 e. The molecule has 0 saturated heterocycles. The molecule has 0 aliphatic carbocycles. The fourth-order valence-corrected chi connectivity index (χ4v) is 7.04. The van der Waals surface area contributed by atoms with E-state index in [4.69, 9.17) is 28.4 Å². The highest BCUT2D eigenvalue weighted by Gasteiger charge is 2.24. The zero-order valence-corrected chi connectivity index (χ0v) is 39.8. The molecule has 0 spiro atoms. The Hall–Kier alpha value is -7.65. The molecule has 0 unspecified atom stereocenters. The van der Waals surface area contributed by atoms with Crippen molar-refractivity contribution in [2.75, 3.05) is 7.11 Å². The van der Waals surface area contributed by atoms with Crippen molar-refractivity contribution in [3.05, 3.63) is 192 Å². The molecule has 0 N–H and O–H groups in total. The lowest BCUT2D eigenvalue weighted by atomic mass is 9.78. The van der Waals surface area contributed by atoms with Crippen molar-refractivity contribution in [2.45, 2.75) is 78.6 Å². The summed E-state index contributed by atoms with van der Waals surface area (Å²) in [5, 5.41) is 0. The predicted molar refractivity (Wildman–Crippen MR) is 264 cm³/mol. The zero-order chi connectivity index (χ0) is 48.4. The minimum atomic E-state index is -0.776. The first-order valence-electron chi connectivity index (χ1n) is 22.0. The Kier molecular flexibility index (Phi) is 15.4. The number of hydrogen-bond acceptors (Lipinski definition) is 9. The maximum Gasteiger partial charge on any atom is 0.519 e. The second kappa shape index (κ2) is 21.1. The van der Waals surface area contributed by atoms with Crippen molar-refractivity contribution in [3.8, 4) is 56.8 Å². The normalized spacial score (nSPS) is 11.3. The molecule has 0 aromatic heterocycles. The molecule has 7 aromatic carbocycles. The van der Waals surface area contributed by atoms with Crippen molar-refractivity contribution in [1.29, 1.82) is 0 Å². The minimum absolute atomic E-state index is 0.0242. The van der Waals surface area contributed by atoms with Crippen LogP contribution in [0.4, 0.5) is 9.59 Å². The van der Waals surface area contributed by atoms with Crippen LogP contribution in [0, 0.1) is 0 Å². The summed E-state index contributed by atoms with van der Waals surface area (Å²) in [6, 6.07) is 53.2. The molecule has 9 heteroatoms. The zero-order valence-electron chi connectivity index (χ0n) is 39.8. The quantitative estimate of drug-likeness (QED) is 0.0753. The van der Waals surface area contributed by atoms with Gasteiger partial charge in [0, 0.05) is 12.3 Å². The van der Waals surface area contributed by atoms with E-state index >= 15 is 0 Å². The van der Waals surface area contributed by atoms with Gasteiger partial charge in [-0.25, -0.2) is 9.59 Å². The number of esters is 1. The predicted octanol–water partition coefficient (Wildman–Crippen LogP) is 14.7. The molecule has 0 atom stereocenters. The first-order valence-corrected chi connectivity index (χ1v) is 22.0. The van der Waals surface area contributed by atoms with Crippen LogP contribution in [0.2, 0.25) is 0 Å². The molecule has 0 aliphatic heterocycles. The summed E-state index contributed by atoms with van der Waals surface area (Å²) >= 11 is 0. The van der Waals surface area contributed by atoms with Crippen LogP contribution in [0.15, 0.2) is 170 Å². The lowest BCUT2D eigenvalue weighted by molar-refractivity contribution is -0.131. The van der Waals surface area contributed by atoms with E-state index in [0.717, 1.165) is 44.7 Å². The molecule has 0 saturated carbocycles. The van der Waals surface area contributed by atoms with Crippen LogP contribution in [-0.4, -0.2) is 25.4 Å². The van der Waals surface area contributed by atoms with Crippen molar-refractivity contribution >= 4 is 18.3 Å². The van der Waals surface area contributed by atoms with Gasteiger partial charge in [0.25, 0.3) is 0 Å². The fourth-order valence-electron chi connectivity index (χ4n) is 7.04. The van der Waals surface area contributed by atoms with E-state index in [1.807, 2.05) is 84.9 Å². The van der Waals surface area contributed by atoms with Crippen LogP contribution in [0.5, 0.6) is 34.5 Å². The Bertz CT molecular complexity index is 2720. The Morgan fingerprint density at radius 1 is 0.313 bits per heavy atom. The molecule has 7 aromatic rings. The first kappa shape index (κ1) is 48.8. The minimum Gasteiger partial charge on any atom is -0.497 e. The summed E-state index contributed by atoms with van der Waals surface area (Å²) in [4.78, 5) is 35.5. The third kappa shape index (κ3) is 13.7. The molecule has 344 valence electrons. The van der Waals surface area contributed by atoms with E-state index in [0.29, 0.717) is 28.7 Å². The molecule has 0 radical (unpaired) electrons. The number of carbonyl (C=O) groups excluding carboxylic acids is 3. The van der Waals surface area contributed by atoms with Gasteiger partial charge in [-0.2, -0.15) is 0 Å². The second-order valence-corrected chi connectivity index (χ2v) is 18.6. The Balaban J connectivity index is 0.000000233. The van der Waals surface area contributed by atoms with E-state index in [1.165, 1.54) is 12.5 Å². The van der Waals surface area contributed by atoms with E-state index in [9.17, 15) is 14.4 Å². The highest BCUT2D eigenvalue weighted by molar-refractivity contribution is 5.71. The van der Waals surface area contributed by atoms with Gasteiger partial charge in [-0.3, -0.25) is 4.79 Å². The highest BCUT2D eigenvalue weighted by atomic mass is 16.7. The molecular formula is C58H58O9. The average Bonchev–Trinajstić information content (AvgIpc) is 3.29. The Morgan fingerprint density at radius 3 is 0.806 bits per heavy atom. The maximum absolute atomic E-state index is 12.3. The second-order valence-electron chi connectivity index (χ2n) is 18.6. The topological polar surface area (TPSA) is 107 Å². The number of carbonyl (C=O) groups is 3. The number of benzene rings is 7. The number of ether oxygens (including phenoxy) is 6. The molecular weight excluding hydrogens is 841 g/mol. The van der Waals surface area contributed by atoms with E-state index in [-0.39, 0.29) is 22.2 Å². The average molecular weight is 899 g/mol. The molecule has 9 nitrogen and oxygen atoms in total. The van der Waals surface area contributed by atoms with Crippen molar-refractivity contribution in [2.24, 2.45) is 0 Å². The Labute approximate surface area is 394 Å². The van der Waals surface area contributed by atoms with Gasteiger partial charge in [-0.15, -0.1) is 0 Å². The lowest BCUT2D eigenvalue weighted by Crippen LogP contribution is -2.19. The van der Waals surface area contributed by atoms with Gasteiger partial charge in [0.2, 0.25) is 0 Å². The van der Waals surface area contributed by atoms with Gasteiger partial charge < -0.3 is 28.4 Å². The first-order chi connectivity index (χ1) is 31.8. The van der Waals surface area contributed by atoms with Crippen LogP contribution < -0.4 is 28.4 Å². The number of methoxy groups -OCH3 is 1. The van der Waals surface area contributed by atoms with Gasteiger partial charge in [-0.05, 0) is 128 Å². The van der Waals surface area contributed by atoms with E-state index in [2.05, 4.69) is 79.7 Å². The molecule has 67 heavy (non-hydrogen) atoms. The van der Waals surface area contributed by atoms with Gasteiger partial charge in [0.1, 0.15) is 34.5 Å². The number of rotatable bonds is 10. The SMILES string of the molecule is CC(=O)Oc1ccc(-c2ccc(C(C)(C)c3ccc(OC(=O)Oc4ccc(C(C)(C)C)cc4)cc3)cc2)cc1.COc1ccc(-c2ccc(OC(=O)Oc3ccc(C(C)(C)C)cc3)cc2)cc1. The smallest absolute Gasteiger partial charge is 0.497 e. The van der Waals surface area contributed by atoms with Crippen LogP contribution in [0.3, 0.4) is 0 Å². The van der Waals surface area contributed by atoms with Crippen LogP contribution in [0.25, 0.3) is 22.3 Å². The van der Waals surface area contributed by atoms with Crippen LogP contribution >= 0.6 is 0 Å². The van der Waals surface area contributed by atoms with Crippen molar-refractivity contribution < 1.29 is 42.8 Å². The van der Waals surface area contributed by atoms with Crippen molar-refractivity contribution in [1.82, 2.24) is 0 Å². The maximum atomic E-state index is 12.3. The molecule has 0 amide bonds. The van der Waals surface area contributed by atoms with Gasteiger partial charge in [0.15, 0.2) is 0 Å². The molecule has 0 bridgehead atoms.